The van der Waals surface area contributed by atoms with Crippen LogP contribution in [0, 0.1) is 0 Å². The number of halogens is 3. The van der Waals surface area contributed by atoms with E-state index in [1.165, 1.54) is 18.6 Å². The average Bonchev–Trinajstić information content (AvgIpc) is 2.61. The maximum Gasteiger partial charge on any atom is 0.416 e. The molecule has 25 heavy (non-hydrogen) atoms. The number of rotatable bonds is 5. The average molecular weight is 353 g/mol. The first-order valence-corrected chi connectivity index (χ1v) is 8.79. The number of pyridine rings is 1. The Morgan fingerprint density at radius 2 is 1.92 bits per heavy atom. The highest BCUT2D eigenvalue weighted by Crippen LogP contribution is 2.37. The molecule has 0 aromatic carbocycles. The second-order valence-corrected chi connectivity index (χ2v) is 6.12. The number of alkyl halides is 3. The first-order chi connectivity index (χ1) is 11.9. The van der Waals surface area contributed by atoms with E-state index in [9.17, 15) is 13.2 Å². The first-order valence-electron chi connectivity index (χ1n) is 8.79. The van der Waals surface area contributed by atoms with Gasteiger partial charge in [-0.3, -0.25) is 0 Å². The predicted octanol–water partition coefficient (Wildman–Crippen LogP) is 5.42. The third kappa shape index (κ3) is 4.77. The van der Waals surface area contributed by atoms with Crippen LogP contribution in [0.4, 0.5) is 24.7 Å². The molecular formula is C19H26F3N3. The van der Waals surface area contributed by atoms with Crippen molar-refractivity contribution >= 4 is 17.1 Å². The monoisotopic (exact) mass is 353 g/mol. The molecule has 138 valence electrons. The number of anilines is 2. The lowest BCUT2D eigenvalue weighted by Crippen LogP contribution is -2.29. The molecule has 0 saturated carbocycles. The lowest BCUT2D eigenvalue weighted by Gasteiger charge is -2.29. The van der Waals surface area contributed by atoms with E-state index < -0.39 is 11.7 Å². The zero-order valence-electron chi connectivity index (χ0n) is 15.1. The van der Waals surface area contributed by atoms with Crippen LogP contribution in [-0.4, -0.2) is 31.3 Å². The Morgan fingerprint density at radius 1 is 1.24 bits per heavy atom. The van der Waals surface area contributed by atoms with Gasteiger partial charge >= 0.3 is 6.18 Å². The third-order valence-electron chi connectivity index (χ3n) is 4.36. The molecule has 0 atom stereocenters. The molecule has 0 amide bonds. The van der Waals surface area contributed by atoms with Gasteiger partial charge in [-0.05, 0) is 38.7 Å². The maximum absolute atomic E-state index is 13.5. The molecule has 0 aliphatic carbocycles. The molecule has 0 unspecified atom stereocenters. The molecule has 6 heteroatoms. The summed E-state index contributed by atoms with van der Waals surface area (Å²) < 4.78 is 40.5. The Balaban J connectivity index is 2.49. The van der Waals surface area contributed by atoms with E-state index >= 15 is 0 Å². The van der Waals surface area contributed by atoms with Crippen LogP contribution in [0.5, 0.6) is 0 Å². The van der Waals surface area contributed by atoms with Crippen LogP contribution >= 0.6 is 0 Å². The minimum atomic E-state index is -4.40. The predicted molar refractivity (Wildman–Crippen MR) is 97.9 cm³/mol. The molecule has 3 nitrogen and oxygen atoms in total. The van der Waals surface area contributed by atoms with Gasteiger partial charge in [-0.1, -0.05) is 19.1 Å². The number of allylic oxidation sites excluding steroid dienone is 4. The Kier molecular flexibility index (Phi) is 6.51. The Hall–Kier alpha value is -1.98. The molecule has 1 aliphatic rings. The molecule has 1 saturated heterocycles. The molecule has 0 radical (unpaired) electrons. The normalized spacial score (nSPS) is 17.0. The van der Waals surface area contributed by atoms with Crippen LogP contribution in [0.3, 0.4) is 0 Å². The Bertz CT molecular complexity index is 642. The largest absolute Gasteiger partial charge is 0.416 e. The van der Waals surface area contributed by atoms with E-state index in [0.717, 1.165) is 31.6 Å². The Labute approximate surface area is 147 Å². The van der Waals surface area contributed by atoms with Crippen LogP contribution in [-0.2, 0) is 0 Å². The highest BCUT2D eigenvalue weighted by atomic mass is 19.4. The van der Waals surface area contributed by atoms with Gasteiger partial charge in [0.15, 0.2) is 0 Å². The molecule has 2 heterocycles. The van der Waals surface area contributed by atoms with Gasteiger partial charge in [-0.15, -0.1) is 0 Å². The number of aromatic nitrogens is 1. The van der Waals surface area contributed by atoms with E-state index in [2.05, 4.69) is 15.2 Å². The summed E-state index contributed by atoms with van der Waals surface area (Å²) in [7, 11) is 1.73. The second-order valence-electron chi connectivity index (χ2n) is 6.12. The SMILES string of the molecule is C/C=C(\C(=C/CC)C(F)(F)F)c1cc(N2CCCCC2)cc(NC)n1. The third-order valence-corrected chi connectivity index (χ3v) is 4.36. The second kappa shape index (κ2) is 8.41. The van der Waals surface area contributed by atoms with Crippen molar-refractivity contribution in [1.29, 1.82) is 0 Å². The van der Waals surface area contributed by atoms with Gasteiger partial charge in [0.1, 0.15) is 5.82 Å². The number of nitrogens with one attached hydrogen (secondary N) is 1. The van der Waals surface area contributed by atoms with Gasteiger partial charge in [0, 0.05) is 37.5 Å². The van der Waals surface area contributed by atoms with Crippen molar-refractivity contribution in [3.63, 3.8) is 0 Å². The summed E-state index contributed by atoms with van der Waals surface area (Å²) in [5, 5.41) is 2.97. The number of piperidine rings is 1. The van der Waals surface area contributed by atoms with E-state index in [-0.39, 0.29) is 5.57 Å². The van der Waals surface area contributed by atoms with Crippen molar-refractivity contribution < 1.29 is 13.2 Å². The van der Waals surface area contributed by atoms with Crippen molar-refractivity contribution in [2.45, 2.75) is 45.7 Å². The van der Waals surface area contributed by atoms with Crippen LogP contribution in [0.2, 0.25) is 0 Å². The zero-order chi connectivity index (χ0) is 18.4. The van der Waals surface area contributed by atoms with Crippen LogP contribution in [0.25, 0.3) is 5.57 Å². The van der Waals surface area contributed by atoms with Crippen molar-refractivity contribution in [3.8, 4) is 0 Å². The van der Waals surface area contributed by atoms with Crippen LogP contribution in [0.15, 0.2) is 29.9 Å². The molecule has 0 spiro atoms. The van der Waals surface area contributed by atoms with Gasteiger partial charge in [0.25, 0.3) is 0 Å². The molecule has 1 aliphatic heterocycles. The molecule has 1 aromatic rings. The lowest BCUT2D eigenvalue weighted by molar-refractivity contribution is -0.0873. The summed E-state index contributed by atoms with van der Waals surface area (Å²) in [6.45, 7) is 5.18. The molecule has 2 rings (SSSR count). The van der Waals surface area contributed by atoms with Crippen molar-refractivity contribution in [3.05, 3.63) is 35.6 Å². The van der Waals surface area contributed by atoms with Crippen LogP contribution in [0.1, 0.15) is 45.2 Å². The zero-order valence-corrected chi connectivity index (χ0v) is 15.1. The molecule has 0 bridgehead atoms. The maximum atomic E-state index is 13.5. The smallest absolute Gasteiger partial charge is 0.373 e. The number of nitrogens with zero attached hydrogens (tertiary/aromatic N) is 2. The van der Waals surface area contributed by atoms with Gasteiger partial charge in [0.05, 0.1) is 11.3 Å². The van der Waals surface area contributed by atoms with Gasteiger partial charge in [-0.25, -0.2) is 4.98 Å². The summed E-state index contributed by atoms with van der Waals surface area (Å²) in [6, 6.07) is 3.68. The molecule has 1 fully saturated rings. The van der Waals surface area contributed by atoms with E-state index in [1.807, 2.05) is 6.07 Å². The highest BCUT2D eigenvalue weighted by molar-refractivity contribution is 5.80. The Morgan fingerprint density at radius 3 is 2.44 bits per heavy atom. The highest BCUT2D eigenvalue weighted by Gasteiger charge is 2.36. The van der Waals surface area contributed by atoms with Gasteiger partial charge in [0.2, 0.25) is 0 Å². The lowest BCUT2D eigenvalue weighted by atomic mass is 9.99. The summed E-state index contributed by atoms with van der Waals surface area (Å²) in [5.74, 6) is 0.579. The van der Waals surface area contributed by atoms with E-state index in [4.69, 9.17) is 0 Å². The molecule has 1 N–H and O–H groups in total. The van der Waals surface area contributed by atoms with E-state index in [0.29, 0.717) is 17.9 Å². The topological polar surface area (TPSA) is 28.2 Å². The summed E-state index contributed by atoms with van der Waals surface area (Å²) in [4.78, 5) is 6.61. The minimum Gasteiger partial charge on any atom is -0.373 e. The molecule has 1 aromatic heterocycles. The van der Waals surface area contributed by atoms with Crippen molar-refractivity contribution in [2.24, 2.45) is 0 Å². The van der Waals surface area contributed by atoms with Gasteiger partial charge in [-0.2, -0.15) is 13.2 Å². The fraction of sp³-hybridized carbons (Fsp3) is 0.526. The fourth-order valence-electron chi connectivity index (χ4n) is 3.14. The standard InChI is InChI=1S/C19H26F3N3/c1-4-9-16(19(20,21)22)15(5-2)17-12-14(13-18(23-3)24-17)25-10-7-6-8-11-25/h5,9,12-13H,4,6-8,10-11H2,1-3H3,(H,23,24)/b15-5+,16-9+. The quantitative estimate of drug-likeness (QED) is 0.717. The fourth-order valence-corrected chi connectivity index (χ4v) is 3.14. The van der Waals surface area contributed by atoms with Crippen molar-refractivity contribution in [1.82, 2.24) is 4.98 Å². The number of hydrogen-bond donors (Lipinski definition) is 1. The number of hydrogen-bond acceptors (Lipinski definition) is 3. The van der Waals surface area contributed by atoms with Gasteiger partial charge < -0.3 is 10.2 Å². The summed E-state index contributed by atoms with van der Waals surface area (Å²) in [5.41, 5.74) is 0.783. The minimum absolute atomic E-state index is 0.129. The first kappa shape index (κ1) is 19.3. The van der Waals surface area contributed by atoms with E-state index in [1.54, 1.807) is 27.0 Å². The molecular weight excluding hydrogens is 327 g/mol. The van der Waals surface area contributed by atoms with Crippen LogP contribution < -0.4 is 10.2 Å². The van der Waals surface area contributed by atoms with Crippen molar-refractivity contribution in [2.75, 3.05) is 30.4 Å². The summed E-state index contributed by atoms with van der Waals surface area (Å²) in [6.07, 6.45) is 2.04. The summed E-state index contributed by atoms with van der Waals surface area (Å²) >= 11 is 0.